The lowest BCUT2D eigenvalue weighted by atomic mass is 9.89. The van der Waals surface area contributed by atoms with E-state index in [2.05, 4.69) is 72.1 Å². The summed E-state index contributed by atoms with van der Waals surface area (Å²) >= 11 is 0. The molecule has 0 radical (unpaired) electrons. The zero-order valence-corrected chi connectivity index (χ0v) is 18.2. The van der Waals surface area contributed by atoms with Crippen molar-refractivity contribution in [3.63, 3.8) is 0 Å². The minimum atomic E-state index is 0.412. The van der Waals surface area contributed by atoms with Crippen LogP contribution >= 0.6 is 0 Å². The van der Waals surface area contributed by atoms with Crippen molar-refractivity contribution in [2.45, 2.75) is 52.6 Å². The third kappa shape index (κ3) is 2.91. The fourth-order valence-electron chi connectivity index (χ4n) is 4.72. The Kier molecular flexibility index (Phi) is 4.07. The molecule has 31 heavy (non-hydrogen) atoms. The summed E-state index contributed by atoms with van der Waals surface area (Å²) in [5, 5.41) is 0. The number of nitrogens with one attached hydrogen (secondary N) is 2. The standard InChI is InChI=1S/C26H26N4O/c1-4-22-28-24-20-9-6-16(12-18(20)13-31-26(24)29-22)15-5-8-19-17(11-15)7-10-21-23(19)30-25(27-21)14(2)3/h5-6,8-9,11-12,14H,4,7,10,13H2,1-3H3,(H,27,30)(H,28,29). The van der Waals surface area contributed by atoms with E-state index in [1.54, 1.807) is 0 Å². The van der Waals surface area contributed by atoms with Gasteiger partial charge in [0.2, 0.25) is 5.88 Å². The van der Waals surface area contributed by atoms with Crippen LogP contribution in [0.15, 0.2) is 36.4 Å². The van der Waals surface area contributed by atoms with Crippen molar-refractivity contribution in [3.8, 4) is 39.5 Å². The second-order valence-corrected chi connectivity index (χ2v) is 8.85. The van der Waals surface area contributed by atoms with Gasteiger partial charge in [0, 0.05) is 23.5 Å². The number of nitrogens with zero attached hydrogens (tertiary/aromatic N) is 2. The second-order valence-electron chi connectivity index (χ2n) is 8.85. The highest BCUT2D eigenvalue weighted by Crippen LogP contribution is 2.39. The molecule has 2 aliphatic rings. The summed E-state index contributed by atoms with van der Waals surface area (Å²) in [5.74, 6) is 3.19. The molecule has 1 aliphatic heterocycles. The highest BCUT2D eigenvalue weighted by Gasteiger charge is 2.24. The molecule has 5 nitrogen and oxygen atoms in total. The van der Waals surface area contributed by atoms with Crippen LogP contribution in [0.2, 0.25) is 0 Å². The van der Waals surface area contributed by atoms with Gasteiger partial charge in [-0.3, -0.25) is 0 Å². The van der Waals surface area contributed by atoms with Crippen molar-refractivity contribution in [3.05, 3.63) is 64.9 Å². The van der Waals surface area contributed by atoms with Crippen molar-refractivity contribution < 1.29 is 4.74 Å². The van der Waals surface area contributed by atoms with Gasteiger partial charge in [-0.25, -0.2) is 4.98 Å². The van der Waals surface area contributed by atoms with Crippen LogP contribution in [0.25, 0.3) is 33.6 Å². The first kappa shape index (κ1) is 18.4. The molecule has 0 fully saturated rings. The Bertz CT molecular complexity index is 1310. The first-order valence-electron chi connectivity index (χ1n) is 11.2. The lowest BCUT2D eigenvalue weighted by molar-refractivity contribution is 0.291. The zero-order chi connectivity index (χ0) is 21.1. The van der Waals surface area contributed by atoms with Crippen LogP contribution in [-0.4, -0.2) is 19.9 Å². The summed E-state index contributed by atoms with van der Waals surface area (Å²) < 4.78 is 5.92. The molecule has 0 saturated heterocycles. The maximum absolute atomic E-state index is 5.92. The summed E-state index contributed by atoms with van der Waals surface area (Å²) in [4.78, 5) is 16.4. The first-order chi connectivity index (χ1) is 15.1. The Morgan fingerprint density at radius 1 is 0.903 bits per heavy atom. The van der Waals surface area contributed by atoms with E-state index >= 15 is 0 Å². The summed E-state index contributed by atoms with van der Waals surface area (Å²) in [5.41, 5.74) is 11.0. The number of H-pyrrole nitrogens is 2. The molecule has 2 aromatic heterocycles. The molecule has 4 aromatic rings. The molecule has 0 spiro atoms. The van der Waals surface area contributed by atoms with Gasteiger partial charge >= 0.3 is 0 Å². The Morgan fingerprint density at radius 3 is 2.39 bits per heavy atom. The molecule has 5 heteroatoms. The van der Waals surface area contributed by atoms with E-state index in [4.69, 9.17) is 9.72 Å². The Balaban J connectivity index is 1.37. The first-order valence-corrected chi connectivity index (χ1v) is 11.2. The van der Waals surface area contributed by atoms with Gasteiger partial charge < -0.3 is 14.7 Å². The lowest BCUT2D eigenvalue weighted by Crippen LogP contribution is -2.06. The molecule has 156 valence electrons. The van der Waals surface area contributed by atoms with Crippen LogP contribution in [0.1, 0.15) is 55.2 Å². The van der Waals surface area contributed by atoms with Gasteiger partial charge in [0.15, 0.2) is 0 Å². The van der Waals surface area contributed by atoms with E-state index in [0.29, 0.717) is 12.5 Å². The van der Waals surface area contributed by atoms with E-state index in [-0.39, 0.29) is 0 Å². The molecule has 6 rings (SSSR count). The van der Waals surface area contributed by atoms with E-state index in [9.17, 15) is 0 Å². The van der Waals surface area contributed by atoms with E-state index in [1.807, 2.05) is 0 Å². The number of ether oxygens (including phenoxy) is 1. The molecule has 0 unspecified atom stereocenters. The Labute approximate surface area is 181 Å². The van der Waals surface area contributed by atoms with Crippen LogP contribution in [0.5, 0.6) is 5.88 Å². The lowest BCUT2D eigenvalue weighted by Gasteiger charge is -2.19. The van der Waals surface area contributed by atoms with E-state index < -0.39 is 0 Å². The van der Waals surface area contributed by atoms with Crippen molar-refractivity contribution in [2.24, 2.45) is 0 Å². The highest BCUT2D eigenvalue weighted by molar-refractivity contribution is 5.78. The average molecular weight is 411 g/mol. The van der Waals surface area contributed by atoms with Crippen LogP contribution in [-0.2, 0) is 25.9 Å². The van der Waals surface area contributed by atoms with Gasteiger partial charge in [0.05, 0.1) is 11.4 Å². The largest absolute Gasteiger partial charge is 0.471 e. The van der Waals surface area contributed by atoms with E-state index in [1.165, 1.54) is 44.8 Å². The van der Waals surface area contributed by atoms with Crippen molar-refractivity contribution >= 4 is 0 Å². The predicted octanol–water partition coefficient (Wildman–Crippen LogP) is 5.81. The Hall–Kier alpha value is -3.34. The number of imidazole rings is 2. The van der Waals surface area contributed by atoms with Crippen LogP contribution in [0, 0.1) is 0 Å². The van der Waals surface area contributed by atoms with Gasteiger partial charge in [-0.2, -0.15) is 4.98 Å². The monoisotopic (exact) mass is 410 g/mol. The van der Waals surface area contributed by atoms with Crippen molar-refractivity contribution in [1.29, 1.82) is 0 Å². The summed E-state index contributed by atoms with van der Waals surface area (Å²) in [6.45, 7) is 7.03. The number of aromatic amines is 2. The van der Waals surface area contributed by atoms with Gasteiger partial charge in [0.1, 0.15) is 23.9 Å². The Morgan fingerprint density at radius 2 is 1.65 bits per heavy atom. The zero-order valence-electron chi connectivity index (χ0n) is 18.2. The molecule has 2 aromatic carbocycles. The minimum absolute atomic E-state index is 0.412. The van der Waals surface area contributed by atoms with Gasteiger partial charge in [-0.15, -0.1) is 0 Å². The fourth-order valence-corrected chi connectivity index (χ4v) is 4.72. The number of aromatic nitrogens is 4. The van der Waals surface area contributed by atoms with Crippen LogP contribution in [0.4, 0.5) is 0 Å². The van der Waals surface area contributed by atoms with Crippen molar-refractivity contribution in [1.82, 2.24) is 19.9 Å². The maximum Gasteiger partial charge on any atom is 0.240 e. The SMILES string of the molecule is CCc1nc2c([nH]1)-c1ccc(-c3ccc4c(c3)CCc3nc(C(C)C)[nH]c3-4)cc1CO2. The normalized spacial score (nSPS) is 13.9. The smallest absolute Gasteiger partial charge is 0.240 e. The van der Waals surface area contributed by atoms with Gasteiger partial charge in [0.25, 0.3) is 0 Å². The number of benzene rings is 2. The fraction of sp³-hybridized carbons (Fsp3) is 0.308. The topological polar surface area (TPSA) is 66.6 Å². The second kappa shape index (κ2) is 6.84. The van der Waals surface area contributed by atoms with Gasteiger partial charge in [-0.1, -0.05) is 51.1 Å². The average Bonchev–Trinajstić information content (AvgIpc) is 3.42. The minimum Gasteiger partial charge on any atom is -0.471 e. The van der Waals surface area contributed by atoms with Crippen LogP contribution < -0.4 is 4.74 Å². The molecule has 0 saturated carbocycles. The quantitative estimate of drug-likeness (QED) is 0.448. The third-order valence-corrected chi connectivity index (χ3v) is 6.48. The number of hydrogen-bond acceptors (Lipinski definition) is 3. The molecule has 3 heterocycles. The van der Waals surface area contributed by atoms with Crippen molar-refractivity contribution in [2.75, 3.05) is 0 Å². The number of fused-ring (bicyclic) bond motifs is 6. The molecule has 0 bridgehead atoms. The highest BCUT2D eigenvalue weighted by atomic mass is 16.5. The van der Waals surface area contributed by atoms with E-state index in [0.717, 1.165) is 42.5 Å². The summed E-state index contributed by atoms with van der Waals surface area (Å²) in [6, 6.07) is 13.5. The van der Waals surface area contributed by atoms with Gasteiger partial charge in [-0.05, 0) is 41.2 Å². The maximum atomic E-state index is 5.92. The molecular formula is C26H26N4O. The third-order valence-electron chi connectivity index (χ3n) is 6.48. The molecule has 0 atom stereocenters. The number of aryl methyl sites for hydroxylation is 3. The molecule has 1 aliphatic carbocycles. The summed E-state index contributed by atoms with van der Waals surface area (Å²) in [7, 11) is 0. The number of rotatable bonds is 3. The molecule has 0 amide bonds. The predicted molar refractivity (Wildman–Crippen MR) is 122 cm³/mol. The summed E-state index contributed by atoms with van der Waals surface area (Å²) in [6.07, 6.45) is 2.90. The van der Waals surface area contributed by atoms with Crippen LogP contribution in [0.3, 0.4) is 0 Å². The number of hydrogen-bond donors (Lipinski definition) is 2. The molecular weight excluding hydrogens is 384 g/mol. The molecule has 2 N–H and O–H groups in total.